The van der Waals surface area contributed by atoms with Crippen LogP contribution in [-0.4, -0.2) is 34.0 Å². The summed E-state index contributed by atoms with van der Waals surface area (Å²) in [6.07, 6.45) is 2.68. The molecular weight excluding hydrogens is 351 g/mol. The van der Waals surface area contributed by atoms with Crippen LogP contribution in [0, 0.1) is 11.9 Å². The molecule has 1 N–H and O–H groups in total. The maximum absolute atomic E-state index is 14.3. The van der Waals surface area contributed by atoms with Crippen molar-refractivity contribution in [2.45, 2.75) is 0 Å². The van der Waals surface area contributed by atoms with Gasteiger partial charge in [0, 0.05) is 31.9 Å². The summed E-state index contributed by atoms with van der Waals surface area (Å²) >= 11 is 1.58. The lowest BCUT2D eigenvalue weighted by Crippen LogP contribution is -2.07. The molecule has 0 amide bonds. The Morgan fingerprint density at radius 3 is 2.81 bits per heavy atom. The second-order valence-electron chi connectivity index (χ2n) is 5.73. The van der Waals surface area contributed by atoms with Gasteiger partial charge in [0.15, 0.2) is 10.9 Å². The predicted molar refractivity (Wildman–Crippen MR) is 101 cm³/mol. The minimum atomic E-state index is -0.493. The first-order valence-corrected chi connectivity index (χ1v) is 8.62. The Hall–Kier alpha value is -3.13. The first kappa shape index (κ1) is 16.3. The quantitative estimate of drug-likeness (QED) is 0.592. The summed E-state index contributed by atoms with van der Waals surface area (Å²) in [5, 5.41) is 3.86. The minimum absolute atomic E-state index is 0.214. The van der Waals surface area contributed by atoms with E-state index in [2.05, 4.69) is 31.3 Å². The number of aromatic nitrogens is 4. The van der Waals surface area contributed by atoms with Crippen LogP contribution in [0.3, 0.4) is 0 Å². The number of nitrogens with one attached hydrogen (secondary N) is 1. The smallest absolute Gasteiger partial charge is 0.229 e. The van der Waals surface area contributed by atoms with E-state index in [0.29, 0.717) is 11.4 Å². The van der Waals surface area contributed by atoms with Gasteiger partial charge in [0.1, 0.15) is 11.5 Å². The molecule has 129 valence electrons. The molecule has 0 aliphatic heterocycles. The number of rotatable bonds is 4. The third-order valence-corrected chi connectivity index (χ3v) is 4.84. The van der Waals surface area contributed by atoms with E-state index in [0.717, 1.165) is 21.5 Å². The zero-order valence-corrected chi connectivity index (χ0v) is 14.9. The van der Waals surface area contributed by atoms with Gasteiger partial charge >= 0.3 is 0 Å². The largest absolute Gasteiger partial charge is 0.354 e. The van der Waals surface area contributed by atoms with Crippen molar-refractivity contribution in [3.63, 3.8) is 0 Å². The Kier molecular flexibility index (Phi) is 4.18. The summed E-state index contributed by atoms with van der Waals surface area (Å²) < 4.78 is 15.4. The first-order chi connectivity index (χ1) is 12.6. The van der Waals surface area contributed by atoms with Crippen LogP contribution in [0.4, 0.5) is 21.3 Å². The highest BCUT2D eigenvalue weighted by atomic mass is 32.1. The highest BCUT2D eigenvalue weighted by Crippen LogP contribution is 2.31. The fourth-order valence-electron chi connectivity index (χ4n) is 2.39. The number of nitrogens with zero attached hydrogens (tertiary/aromatic N) is 5. The lowest BCUT2D eigenvalue weighted by atomic mass is 10.1. The minimum Gasteiger partial charge on any atom is -0.354 e. The molecule has 0 aliphatic rings. The zero-order valence-electron chi connectivity index (χ0n) is 14.1. The normalized spacial score (nSPS) is 10.9. The lowest BCUT2D eigenvalue weighted by molar-refractivity contribution is 0.619. The molecule has 1 aromatic carbocycles. The van der Waals surface area contributed by atoms with Crippen molar-refractivity contribution in [3.8, 4) is 11.3 Å². The number of hydrogen-bond donors (Lipinski definition) is 1. The highest BCUT2D eigenvalue weighted by molar-refractivity contribution is 7.22. The summed E-state index contributed by atoms with van der Waals surface area (Å²) in [5.74, 6) is 0.339. The molecule has 0 aliphatic carbocycles. The van der Waals surface area contributed by atoms with E-state index in [1.165, 1.54) is 6.20 Å². The van der Waals surface area contributed by atoms with Crippen molar-refractivity contribution < 1.29 is 4.39 Å². The van der Waals surface area contributed by atoms with Crippen molar-refractivity contribution in [3.05, 3.63) is 54.6 Å². The lowest BCUT2D eigenvalue weighted by Gasteiger charge is -2.07. The van der Waals surface area contributed by atoms with Crippen LogP contribution < -0.4 is 10.2 Å². The molecule has 3 aromatic heterocycles. The maximum Gasteiger partial charge on any atom is 0.229 e. The summed E-state index contributed by atoms with van der Waals surface area (Å²) in [7, 11) is 3.88. The molecule has 0 saturated carbocycles. The summed E-state index contributed by atoms with van der Waals surface area (Å²) in [6.45, 7) is 0. The van der Waals surface area contributed by atoms with Crippen molar-refractivity contribution >= 4 is 38.5 Å². The highest BCUT2D eigenvalue weighted by Gasteiger charge is 2.13. The molecule has 0 unspecified atom stereocenters. The van der Waals surface area contributed by atoms with Gasteiger partial charge in [-0.3, -0.25) is 0 Å². The SMILES string of the molecule is CN(C)c1nc2cc(-c3nc(Nc4cc[c]cn4)ncc3F)ccc2s1. The summed E-state index contributed by atoms with van der Waals surface area (Å²) in [4.78, 5) is 18.9. The zero-order chi connectivity index (χ0) is 18.1. The third kappa shape index (κ3) is 3.18. The van der Waals surface area contributed by atoms with Crippen LogP contribution in [0.5, 0.6) is 0 Å². The third-order valence-electron chi connectivity index (χ3n) is 3.63. The Morgan fingerprint density at radius 2 is 2.04 bits per heavy atom. The van der Waals surface area contributed by atoms with Gasteiger partial charge in [-0.1, -0.05) is 17.4 Å². The van der Waals surface area contributed by atoms with Gasteiger partial charge in [0.05, 0.1) is 16.4 Å². The van der Waals surface area contributed by atoms with Crippen molar-refractivity contribution in [2.24, 2.45) is 0 Å². The van der Waals surface area contributed by atoms with Crippen molar-refractivity contribution in [1.29, 1.82) is 0 Å². The van der Waals surface area contributed by atoms with E-state index in [9.17, 15) is 4.39 Å². The Morgan fingerprint density at radius 1 is 1.15 bits per heavy atom. The number of fused-ring (bicyclic) bond motifs is 1. The van der Waals surface area contributed by atoms with E-state index in [1.54, 1.807) is 23.5 Å². The molecule has 26 heavy (non-hydrogen) atoms. The Bertz CT molecular complexity index is 1060. The van der Waals surface area contributed by atoms with E-state index in [-0.39, 0.29) is 11.6 Å². The van der Waals surface area contributed by atoms with Gasteiger partial charge in [-0.2, -0.15) is 0 Å². The fourth-order valence-corrected chi connectivity index (χ4v) is 3.26. The number of benzene rings is 1. The molecular formula is C18H14FN6S. The van der Waals surface area contributed by atoms with Crippen LogP contribution in [0.1, 0.15) is 0 Å². The molecule has 0 bridgehead atoms. The van der Waals surface area contributed by atoms with Gasteiger partial charge in [-0.05, 0) is 24.3 Å². The molecule has 0 fully saturated rings. The molecule has 6 nitrogen and oxygen atoms in total. The van der Waals surface area contributed by atoms with Gasteiger partial charge in [-0.15, -0.1) is 0 Å². The summed E-state index contributed by atoms with van der Waals surface area (Å²) in [6, 6.07) is 11.9. The van der Waals surface area contributed by atoms with Crippen LogP contribution in [0.25, 0.3) is 21.5 Å². The van der Waals surface area contributed by atoms with Crippen LogP contribution >= 0.6 is 11.3 Å². The van der Waals surface area contributed by atoms with E-state index < -0.39 is 5.82 Å². The number of hydrogen-bond acceptors (Lipinski definition) is 7. The van der Waals surface area contributed by atoms with Crippen LogP contribution in [-0.2, 0) is 0 Å². The topological polar surface area (TPSA) is 66.8 Å². The molecule has 8 heteroatoms. The molecule has 3 heterocycles. The van der Waals surface area contributed by atoms with Gasteiger partial charge in [0.25, 0.3) is 0 Å². The van der Waals surface area contributed by atoms with Gasteiger partial charge < -0.3 is 10.2 Å². The molecule has 4 aromatic rings. The Labute approximate surface area is 153 Å². The molecule has 4 rings (SSSR count). The van der Waals surface area contributed by atoms with Crippen LogP contribution in [0.15, 0.2) is 42.7 Å². The Balaban J connectivity index is 1.72. The predicted octanol–water partition coefficient (Wildman–Crippen LogP) is 3.90. The summed E-state index contributed by atoms with van der Waals surface area (Å²) in [5.41, 5.74) is 1.67. The standard InChI is InChI=1S/C18H14FN6S/c1-25(2)18-22-13-9-11(6-7-14(13)26-18)16-12(19)10-21-17(24-16)23-15-5-3-4-8-20-15/h3,5-10H,1-2H3,(H,20,21,23,24). The van der Waals surface area contributed by atoms with Crippen molar-refractivity contribution in [1.82, 2.24) is 19.9 Å². The molecule has 1 radical (unpaired) electrons. The molecule has 0 saturated heterocycles. The average Bonchev–Trinajstić information content (AvgIpc) is 3.08. The number of anilines is 3. The molecule has 0 atom stereocenters. The first-order valence-electron chi connectivity index (χ1n) is 7.80. The van der Waals surface area contributed by atoms with Crippen LogP contribution in [0.2, 0.25) is 0 Å². The number of thiazole rings is 1. The monoisotopic (exact) mass is 365 g/mol. The van der Waals surface area contributed by atoms with Gasteiger partial charge in [0.2, 0.25) is 5.95 Å². The second-order valence-corrected chi connectivity index (χ2v) is 6.74. The van der Waals surface area contributed by atoms with Gasteiger partial charge in [-0.25, -0.2) is 24.3 Å². The van der Waals surface area contributed by atoms with Crippen molar-refractivity contribution in [2.75, 3.05) is 24.3 Å². The fraction of sp³-hybridized carbons (Fsp3) is 0.111. The number of pyridine rings is 1. The molecule has 0 spiro atoms. The second kappa shape index (κ2) is 6.64. The van der Waals surface area contributed by atoms with E-state index >= 15 is 0 Å². The number of halogens is 1. The van der Waals surface area contributed by atoms with E-state index in [1.807, 2.05) is 37.2 Å². The van der Waals surface area contributed by atoms with E-state index in [4.69, 9.17) is 0 Å². The maximum atomic E-state index is 14.3. The average molecular weight is 365 g/mol.